The van der Waals surface area contributed by atoms with E-state index in [1.807, 2.05) is 0 Å². The van der Waals surface area contributed by atoms with Gasteiger partial charge in [-0.25, -0.2) is 0 Å². The van der Waals surface area contributed by atoms with Crippen LogP contribution in [0.15, 0.2) is 12.7 Å². The molecule has 0 N–H and O–H groups in total. The van der Waals surface area contributed by atoms with Crippen molar-refractivity contribution in [2.24, 2.45) is 52.8 Å². The third kappa shape index (κ3) is 3.26. The van der Waals surface area contributed by atoms with E-state index in [0.717, 1.165) is 47.3 Å². The molecule has 4 rings (SSSR count). The van der Waals surface area contributed by atoms with Gasteiger partial charge in [0.25, 0.3) is 0 Å². The van der Waals surface area contributed by atoms with E-state index in [4.69, 9.17) is 0 Å². The van der Waals surface area contributed by atoms with Crippen LogP contribution < -0.4 is 0 Å². The van der Waals surface area contributed by atoms with E-state index in [9.17, 15) is 0 Å². The van der Waals surface area contributed by atoms with Gasteiger partial charge in [-0.15, -0.1) is 6.58 Å². The fourth-order valence-electron chi connectivity index (χ4n) is 9.48. The molecule has 0 bridgehead atoms. The number of fused-ring (bicyclic) bond motifs is 5. The standard InChI is InChI=1S/C27H46/c1-5-8-14-24-19(4)17-25-26-20(6-2)18-21-12-10-9-11-13-22(21)23(26)15-16-27(24,25)7-3/h5,19-26H,1,6-18H2,2-4H3. The van der Waals surface area contributed by atoms with Crippen LogP contribution >= 0.6 is 0 Å². The minimum atomic E-state index is 0.675. The van der Waals surface area contributed by atoms with Crippen LogP contribution in [-0.2, 0) is 0 Å². The first-order chi connectivity index (χ1) is 13.2. The highest BCUT2D eigenvalue weighted by atomic mass is 14.7. The van der Waals surface area contributed by atoms with Crippen LogP contribution in [0.2, 0.25) is 0 Å². The van der Waals surface area contributed by atoms with Crippen molar-refractivity contribution in [1.82, 2.24) is 0 Å². The zero-order chi connectivity index (χ0) is 19.0. The Hall–Kier alpha value is -0.260. The average Bonchev–Trinajstić information content (AvgIpc) is 2.83. The maximum Gasteiger partial charge on any atom is -0.0238 e. The van der Waals surface area contributed by atoms with Gasteiger partial charge >= 0.3 is 0 Å². The molecule has 27 heavy (non-hydrogen) atoms. The molecule has 0 aromatic heterocycles. The van der Waals surface area contributed by atoms with E-state index in [-0.39, 0.29) is 0 Å². The molecule has 0 nitrogen and oxygen atoms in total. The molecular formula is C27H46. The summed E-state index contributed by atoms with van der Waals surface area (Å²) in [7, 11) is 0. The highest BCUT2D eigenvalue weighted by Crippen LogP contribution is 2.68. The van der Waals surface area contributed by atoms with Gasteiger partial charge in [-0.3, -0.25) is 0 Å². The van der Waals surface area contributed by atoms with Crippen LogP contribution in [0.1, 0.15) is 104 Å². The summed E-state index contributed by atoms with van der Waals surface area (Å²) in [6.07, 6.45) is 21.7. The smallest absolute Gasteiger partial charge is 0.0238 e. The van der Waals surface area contributed by atoms with Crippen molar-refractivity contribution in [3.8, 4) is 0 Å². The van der Waals surface area contributed by atoms with Gasteiger partial charge < -0.3 is 0 Å². The number of hydrogen-bond donors (Lipinski definition) is 0. The molecule has 0 aromatic carbocycles. The van der Waals surface area contributed by atoms with Crippen molar-refractivity contribution in [3.63, 3.8) is 0 Å². The summed E-state index contributed by atoms with van der Waals surface area (Å²) in [6, 6.07) is 0. The maximum atomic E-state index is 4.04. The maximum absolute atomic E-state index is 4.04. The molecule has 4 fully saturated rings. The lowest BCUT2D eigenvalue weighted by Gasteiger charge is -2.58. The average molecular weight is 371 g/mol. The molecule has 0 heteroatoms. The van der Waals surface area contributed by atoms with E-state index in [2.05, 4.69) is 33.4 Å². The Labute approximate surface area is 170 Å². The normalized spacial score (nSPS) is 49.6. The zero-order valence-electron chi connectivity index (χ0n) is 18.6. The molecule has 9 unspecified atom stereocenters. The van der Waals surface area contributed by atoms with E-state index >= 15 is 0 Å². The Kier molecular flexibility index (Phi) is 6.11. The molecule has 4 aliphatic rings. The lowest BCUT2D eigenvalue weighted by molar-refractivity contribution is -0.0956. The summed E-state index contributed by atoms with van der Waals surface area (Å²) in [6.45, 7) is 11.7. The van der Waals surface area contributed by atoms with Crippen molar-refractivity contribution >= 4 is 0 Å². The Bertz CT molecular complexity index is 506. The Balaban J connectivity index is 1.65. The van der Waals surface area contributed by atoms with Gasteiger partial charge in [-0.2, -0.15) is 0 Å². The van der Waals surface area contributed by atoms with Crippen molar-refractivity contribution in [2.75, 3.05) is 0 Å². The fraction of sp³-hybridized carbons (Fsp3) is 0.926. The molecule has 0 heterocycles. The Morgan fingerprint density at radius 2 is 1.81 bits per heavy atom. The van der Waals surface area contributed by atoms with Crippen molar-refractivity contribution in [1.29, 1.82) is 0 Å². The van der Waals surface area contributed by atoms with Gasteiger partial charge in [-0.1, -0.05) is 59.0 Å². The first-order valence-corrected chi connectivity index (χ1v) is 12.8. The number of rotatable bonds is 5. The summed E-state index contributed by atoms with van der Waals surface area (Å²) in [5.41, 5.74) is 0.675. The second kappa shape index (κ2) is 8.23. The number of allylic oxidation sites excluding steroid dienone is 1. The summed E-state index contributed by atoms with van der Waals surface area (Å²) < 4.78 is 0. The van der Waals surface area contributed by atoms with Gasteiger partial charge in [0.15, 0.2) is 0 Å². The van der Waals surface area contributed by atoms with Gasteiger partial charge in [0.05, 0.1) is 0 Å². The monoisotopic (exact) mass is 370 g/mol. The van der Waals surface area contributed by atoms with E-state index < -0.39 is 0 Å². The SMILES string of the molecule is C=CCCC1C(C)CC2C3C(CC)CC4CCCCCC4C3CCC12CC. The first-order valence-electron chi connectivity index (χ1n) is 12.8. The Morgan fingerprint density at radius 3 is 2.56 bits per heavy atom. The van der Waals surface area contributed by atoms with Crippen LogP contribution in [0.3, 0.4) is 0 Å². The van der Waals surface area contributed by atoms with Gasteiger partial charge in [-0.05, 0) is 104 Å². The summed E-state index contributed by atoms with van der Waals surface area (Å²) in [5.74, 6) is 8.33. The quantitative estimate of drug-likeness (QED) is 0.427. The molecule has 0 saturated heterocycles. The minimum absolute atomic E-state index is 0.675. The second-order valence-electron chi connectivity index (χ2n) is 11.1. The van der Waals surface area contributed by atoms with Crippen LogP contribution in [0.5, 0.6) is 0 Å². The topological polar surface area (TPSA) is 0 Å². The molecule has 0 amide bonds. The Morgan fingerprint density at radius 1 is 1.00 bits per heavy atom. The van der Waals surface area contributed by atoms with E-state index in [0.29, 0.717) is 5.41 Å². The number of hydrogen-bond acceptors (Lipinski definition) is 0. The summed E-state index contributed by atoms with van der Waals surface area (Å²) in [4.78, 5) is 0. The summed E-state index contributed by atoms with van der Waals surface area (Å²) >= 11 is 0. The van der Waals surface area contributed by atoms with Crippen molar-refractivity contribution < 1.29 is 0 Å². The third-order valence-electron chi connectivity index (χ3n) is 10.5. The highest BCUT2D eigenvalue weighted by Gasteiger charge is 2.60. The molecule has 0 spiro atoms. The van der Waals surface area contributed by atoms with Crippen LogP contribution in [-0.4, -0.2) is 0 Å². The van der Waals surface area contributed by atoms with Crippen LogP contribution in [0.4, 0.5) is 0 Å². The molecule has 9 atom stereocenters. The third-order valence-corrected chi connectivity index (χ3v) is 10.5. The van der Waals surface area contributed by atoms with Crippen molar-refractivity contribution in [3.05, 3.63) is 12.7 Å². The molecule has 0 aromatic rings. The molecule has 4 aliphatic carbocycles. The van der Waals surface area contributed by atoms with Gasteiger partial charge in [0.1, 0.15) is 0 Å². The van der Waals surface area contributed by atoms with Gasteiger partial charge in [0, 0.05) is 0 Å². The van der Waals surface area contributed by atoms with Crippen LogP contribution in [0, 0.1) is 52.8 Å². The van der Waals surface area contributed by atoms with Crippen LogP contribution in [0.25, 0.3) is 0 Å². The molecule has 4 saturated carbocycles. The van der Waals surface area contributed by atoms with E-state index in [1.54, 1.807) is 38.5 Å². The van der Waals surface area contributed by atoms with Crippen molar-refractivity contribution in [2.45, 2.75) is 104 Å². The zero-order valence-corrected chi connectivity index (χ0v) is 18.6. The fourth-order valence-corrected chi connectivity index (χ4v) is 9.48. The lowest BCUT2D eigenvalue weighted by atomic mass is 9.46. The molecule has 0 radical (unpaired) electrons. The van der Waals surface area contributed by atoms with E-state index in [1.165, 1.54) is 44.9 Å². The van der Waals surface area contributed by atoms with Gasteiger partial charge in [0.2, 0.25) is 0 Å². The molecule has 154 valence electrons. The highest BCUT2D eigenvalue weighted by molar-refractivity contribution is 5.10. The predicted molar refractivity (Wildman–Crippen MR) is 118 cm³/mol. The minimum Gasteiger partial charge on any atom is -0.103 e. The molecular weight excluding hydrogens is 324 g/mol. The predicted octanol–water partition coefficient (Wildman–Crippen LogP) is 8.27. The lowest BCUT2D eigenvalue weighted by Crippen LogP contribution is -2.51. The summed E-state index contributed by atoms with van der Waals surface area (Å²) in [5, 5.41) is 0. The molecule has 0 aliphatic heterocycles. The largest absolute Gasteiger partial charge is 0.103 e. The first kappa shape index (κ1) is 20.0. The second-order valence-corrected chi connectivity index (χ2v) is 11.1.